The topological polar surface area (TPSA) is 35.0 Å². The summed E-state index contributed by atoms with van der Waals surface area (Å²) < 4.78 is 5.90. The number of hydrogen-bond donors (Lipinski definition) is 0. The number of benzene rings is 2. The minimum atomic E-state index is 0.534. The molecule has 3 aromatic rings. The van der Waals surface area contributed by atoms with Crippen molar-refractivity contribution in [3.8, 4) is 17.0 Å². The Balaban J connectivity index is 1.84. The van der Waals surface area contributed by atoms with E-state index in [1.807, 2.05) is 54.6 Å². The van der Waals surface area contributed by atoms with Gasteiger partial charge in [0.2, 0.25) is 0 Å². The van der Waals surface area contributed by atoms with E-state index >= 15 is 0 Å². The van der Waals surface area contributed by atoms with E-state index in [1.54, 1.807) is 6.07 Å². The van der Waals surface area contributed by atoms with Crippen LogP contribution in [-0.2, 0) is 6.61 Å². The van der Waals surface area contributed by atoms with Crippen molar-refractivity contribution in [1.29, 1.82) is 0 Å². The third-order valence-electron chi connectivity index (χ3n) is 2.93. The predicted molar refractivity (Wildman–Crippen MR) is 77.1 cm³/mol. The first-order chi connectivity index (χ1) is 9.93. The highest BCUT2D eigenvalue weighted by molar-refractivity contribution is 5.66. The van der Waals surface area contributed by atoms with Gasteiger partial charge >= 0.3 is 0 Å². The van der Waals surface area contributed by atoms with Crippen molar-refractivity contribution in [1.82, 2.24) is 9.97 Å². The molecule has 3 heteroatoms. The summed E-state index contributed by atoms with van der Waals surface area (Å²) in [5.74, 6) is 0.809. The molecule has 0 unspecified atom stereocenters. The molecule has 1 radical (unpaired) electrons. The molecular weight excluding hydrogens is 248 g/mol. The smallest absolute Gasteiger partial charge is 0.129 e. The Labute approximate surface area is 117 Å². The van der Waals surface area contributed by atoms with Gasteiger partial charge in [0.05, 0.1) is 11.9 Å². The average molecular weight is 261 g/mol. The van der Waals surface area contributed by atoms with Gasteiger partial charge in [-0.3, -0.25) is 0 Å². The molecule has 0 bridgehead atoms. The fraction of sp³-hybridized carbons (Fsp3) is 0.0588. The van der Waals surface area contributed by atoms with Gasteiger partial charge in [-0.05, 0) is 23.8 Å². The monoisotopic (exact) mass is 261 g/mol. The molecule has 0 aliphatic heterocycles. The van der Waals surface area contributed by atoms with Gasteiger partial charge in [0.1, 0.15) is 18.7 Å². The van der Waals surface area contributed by atoms with E-state index in [0.717, 1.165) is 22.6 Å². The van der Waals surface area contributed by atoms with E-state index in [2.05, 4.69) is 16.2 Å². The number of para-hydroxylation sites is 1. The molecule has 0 fully saturated rings. The van der Waals surface area contributed by atoms with Gasteiger partial charge in [0, 0.05) is 5.56 Å². The molecule has 0 aliphatic rings. The Hall–Kier alpha value is -2.68. The predicted octanol–water partition coefficient (Wildman–Crippen LogP) is 3.52. The van der Waals surface area contributed by atoms with Gasteiger partial charge < -0.3 is 4.74 Å². The summed E-state index contributed by atoms with van der Waals surface area (Å²) in [5.41, 5.74) is 2.89. The molecule has 0 N–H and O–H groups in total. The molecule has 0 spiro atoms. The first-order valence-electron chi connectivity index (χ1n) is 6.38. The van der Waals surface area contributed by atoms with Gasteiger partial charge in [0.25, 0.3) is 0 Å². The summed E-state index contributed by atoms with van der Waals surface area (Å²) in [6.07, 6.45) is 4.28. The second-order valence-electron chi connectivity index (χ2n) is 4.30. The van der Waals surface area contributed by atoms with Crippen LogP contribution in [0.2, 0.25) is 0 Å². The lowest BCUT2D eigenvalue weighted by molar-refractivity contribution is 0.307. The standard InChI is InChI=1S/C17H13N2O/c1-2-6-14(7-3-1)12-20-17-9-5-4-8-15(17)16-10-11-18-13-19-16/h1-10,13H,12H2. The van der Waals surface area contributed by atoms with Gasteiger partial charge in [-0.25, -0.2) is 9.97 Å². The van der Waals surface area contributed by atoms with Crippen molar-refractivity contribution in [3.63, 3.8) is 0 Å². The average Bonchev–Trinajstić information content (AvgIpc) is 2.55. The van der Waals surface area contributed by atoms with E-state index in [0.29, 0.717) is 6.61 Å². The van der Waals surface area contributed by atoms with Crippen LogP contribution in [0, 0.1) is 6.20 Å². The first-order valence-corrected chi connectivity index (χ1v) is 6.38. The minimum Gasteiger partial charge on any atom is -0.488 e. The molecule has 0 saturated carbocycles. The Morgan fingerprint density at radius 1 is 0.950 bits per heavy atom. The number of ether oxygens (including phenoxy) is 1. The zero-order valence-corrected chi connectivity index (χ0v) is 10.9. The number of aromatic nitrogens is 2. The van der Waals surface area contributed by atoms with Crippen LogP contribution >= 0.6 is 0 Å². The summed E-state index contributed by atoms with van der Waals surface area (Å²) in [4.78, 5) is 8.06. The molecular formula is C17H13N2O. The Bertz CT molecular complexity index is 669. The third kappa shape index (κ3) is 2.83. The summed E-state index contributed by atoms with van der Waals surface area (Å²) in [7, 11) is 0. The SMILES string of the molecule is [c]1cc(-c2ccccc2OCc2ccccc2)ncn1. The number of hydrogen-bond acceptors (Lipinski definition) is 3. The highest BCUT2D eigenvalue weighted by Gasteiger charge is 2.06. The molecule has 0 atom stereocenters. The van der Waals surface area contributed by atoms with Gasteiger partial charge in [-0.1, -0.05) is 42.5 Å². The summed E-state index contributed by atoms with van der Waals surface area (Å²) >= 11 is 0. The molecule has 1 heterocycles. The van der Waals surface area contributed by atoms with Crippen LogP contribution in [-0.4, -0.2) is 9.97 Å². The molecule has 0 amide bonds. The number of rotatable bonds is 4. The van der Waals surface area contributed by atoms with Crippen LogP contribution in [0.3, 0.4) is 0 Å². The van der Waals surface area contributed by atoms with Gasteiger partial charge in [0.15, 0.2) is 0 Å². The van der Waals surface area contributed by atoms with Gasteiger partial charge in [-0.15, -0.1) is 0 Å². The molecule has 3 rings (SSSR count). The maximum Gasteiger partial charge on any atom is 0.129 e. The molecule has 2 aromatic carbocycles. The van der Waals surface area contributed by atoms with Crippen LogP contribution in [0.4, 0.5) is 0 Å². The second kappa shape index (κ2) is 5.97. The van der Waals surface area contributed by atoms with E-state index in [1.165, 1.54) is 6.33 Å². The normalized spacial score (nSPS) is 10.2. The van der Waals surface area contributed by atoms with Crippen molar-refractivity contribution in [3.05, 3.63) is 78.8 Å². The fourth-order valence-corrected chi connectivity index (χ4v) is 1.95. The maximum atomic E-state index is 5.90. The van der Waals surface area contributed by atoms with Crippen molar-refractivity contribution in [2.24, 2.45) is 0 Å². The summed E-state index contributed by atoms with van der Waals surface area (Å²) in [6, 6.07) is 19.7. The molecule has 20 heavy (non-hydrogen) atoms. The summed E-state index contributed by atoms with van der Waals surface area (Å²) in [5, 5.41) is 0. The van der Waals surface area contributed by atoms with Crippen molar-refractivity contribution < 1.29 is 4.74 Å². The third-order valence-corrected chi connectivity index (χ3v) is 2.93. The van der Waals surface area contributed by atoms with Crippen LogP contribution < -0.4 is 4.74 Å². The molecule has 0 saturated heterocycles. The minimum absolute atomic E-state index is 0.534. The zero-order valence-electron chi connectivity index (χ0n) is 10.9. The van der Waals surface area contributed by atoms with Crippen LogP contribution in [0.15, 0.2) is 67.0 Å². The Morgan fingerprint density at radius 3 is 2.55 bits per heavy atom. The highest BCUT2D eigenvalue weighted by Crippen LogP contribution is 2.28. The van der Waals surface area contributed by atoms with Crippen molar-refractivity contribution >= 4 is 0 Å². The van der Waals surface area contributed by atoms with Crippen LogP contribution in [0.5, 0.6) is 5.75 Å². The number of nitrogens with zero attached hydrogens (tertiary/aromatic N) is 2. The molecule has 0 aliphatic carbocycles. The lowest BCUT2D eigenvalue weighted by Crippen LogP contribution is -1.97. The van der Waals surface area contributed by atoms with Crippen LogP contribution in [0.25, 0.3) is 11.3 Å². The highest BCUT2D eigenvalue weighted by atomic mass is 16.5. The van der Waals surface area contributed by atoms with Crippen molar-refractivity contribution in [2.75, 3.05) is 0 Å². The molecule has 97 valence electrons. The van der Waals surface area contributed by atoms with E-state index in [9.17, 15) is 0 Å². The Kier molecular flexibility index (Phi) is 3.69. The molecule has 3 nitrogen and oxygen atoms in total. The van der Waals surface area contributed by atoms with E-state index < -0.39 is 0 Å². The van der Waals surface area contributed by atoms with E-state index in [4.69, 9.17) is 4.74 Å². The molecule has 1 aromatic heterocycles. The second-order valence-corrected chi connectivity index (χ2v) is 4.30. The maximum absolute atomic E-state index is 5.90. The lowest BCUT2D eigenvalue weighted by atomic mass is 10.1. The first kappa shape index (κ1) is 12.4. The summed E-state index contributed by atoms with van der Waals surface area (Å²) in [6.45, 7) is 0.534. The Morgan fingerprint density at radius 2 is 1.75 bits per heavy atom. The van der Waals surface area contributed by atoms with Crippen molar-refractivity contribution in [2.45, 2.75) is 6.61 Å². The van der Waals surface area contributed by atoms with Gasteiger partial charge in [-0.2, -0.15) is 0 Å². The quantitative estimate of drug-likeness (QED) is 0.720. The largest absolute Gasteiger partial charge is 0.488 e. The fourth-order valence-electron chi connectivity index (χ4n) is 1.95. The van der Waals surface area contributed by atoms with E-state index in [-0.39, 0.29) is 0 Å². The lowest BCUT2D eigenvalue weighted by Gasteiger charge is -2.10. The zero-order chi connectivity index (χ0) is 13.6. The van der Waals surface area contributed by atoms with Crippen LogP contribution in [0.1, 0.15) is 5.56 Å².